The van der Waals surface area contributed by atoms with Gasteiger partial charge in [0.05, 0.1) is 31.4 Å². The fraction of sp³-hybridized carbons (Fsp3) is 0.400. The predicted octanol–water partition coefficient (Wildman–Crippen LogP) is 2.52. The molecule has 0 saturated carbocycles. The van der Waals surface area contributed by atoms with E-state index < -0.39 is 0 Å². The lowest BCUT2D eigenvalue weighted by Gasteiger charge is -2.19. The van der Waals surface area contributed by atoms with Crippen LogP contribution in [-0.2, 0) is 7.05 Å². The smallest absolute Gasteiger partial charge is 0.118 e. The monoisotopic (exact) mass is 259 g/mol. The van der Waals surface area contributed by atoms with Gasteiger partial charge in [0.2, 0.25) is 0 Å². The van der Waals surface area contributed by atoms with Crippen molar-refractivity contribution in [3.8, 4) is 5.75 Å². The van der Waals surface area contributed by atoms with Gasteiger partial charge in [-0.15, -0.1) is 0 Å². The summed E-state index contributed by atoms with van der Waals surface area (Å²) in [7, 11) is 3.70. The van der Waals surface area contributed by atoms with Gasteiger partial charge in [-0.25, -0.2) is 4.98 Å². The van der Waals surface area contributed by atoms with Gasteiger partial charge in [0.15, 0.2) is 0 Å². The zero-order chi connectivity index (χ0) is 13.7. The minimum Gasteiger partial charge on any atom is -0.497 e. The van der Waals surface area contributed by atoms with Crippen LogP contribution in [0.2, 0.25) is 0 Å². The lowest BCUT2D eigenvalue weighted by molar-refractivity contribution is 0.414. The van der Waals surface area contributed by atoms with Gasteiger partial charge in [-0.3, -0.25) is 0 Å². The molecule has 0 amide bonds. The van der Waals surface area contributed by atoms with Crippen molar-refractivity contribution in [2.24, 2.45) is 7.05 Å². The number of ether oxygens (including phenoxy) is 1. The van der Waals surface area contributed by atoms with E-state index in [0.29, 0.717) is 0 Å². The number of imidazole rings is 1. The minimum atomic E-state index is 0.165. The summed E-state index contributed by atoms with van der Waals surface area (Å²) in [6.07, 6.45) is 4.85. The van der Waals surface area contributed by atoms with Gasteiger partial charge < -0.3 is 14.6 Å². The third kappa shape index (κ3) is 3.15. The molecule has 0 aliphatic rings. The van der Waals surface area contributed by atoms with Crippen molar-refractivity contribution in [3.05, 3.63) is 48.0 Å². The summed E-state index contributed by atoms with van der Waals surface area (Å²) in [6.45, 7) is 3.14. The minimum absolute atomic E-state index is 0.165. The van der Waals surface area contributed by atoms with Crippen LogP contribution in [0.25, 0.3) is 0 Å². The summed E-state index contributed by atoms with van der Waals surface area (Å²) in [4.78, 5) is 4.21. The van der Waals surface area contributed by atoms with Gasteiger partial charge in [0.25, 0.3) is 0 Å². The van der Waals surface area contributed by atoms with Crippen LogP contribution >= 0.6 is 0 Å². The second-order valence-corrected chi connectivity index (χ2v) is 4.59. The van der Waals surface area contributed by atoms with E-state index in [1.54, 1.807) is 7.11 Å². The Balaban J connectivity index is 2.28. The van der Waals surface area contributed by atoms with Gasteiger partial charge in [0, 0.05) is 7.05 Å². The molecule has 1 heterocycles. The molecular formula is C15H21N3O. The highest BCUT2D eigenvalue weighted by atomic mass is 16.5. The first-order valence-electron chi connectivity index (χ1n) is 6.59. The predicted molar refractivity (Wildman–Crippen MR) is 76.3 cm³/mol. The first-order chi connectivity index (χ1) is 9.26. The fourth-order valence-electron chi connectivity index (χ4n) is 2.12. The van der Waals surface area contributed by atoms with Gasteiger partial charge >= 0.3 is 0 Å². The van der Waals surface area contributed by atoms with Gasteiger partial charge in [-0.1, -0.05) is 19.1 Å². The van der Waals surface area contributed by atoms with Gasteiger partial charge in [-0.05, 0) is 30.7 Å². The molecule has 0 aliphatic carbocycles. The van der Waals surface area contributed by atoms with E-state index in [4.69, 9.17) is 4.74 Å². The molecule has 4 nitrogen and oxygen atoms in total. The highest BCUT2D eigenvalue weighted by molar-refractivity contribution is 5.33. The topological polar surface area (TPSA) is 39.1 Å². The molecule has 0 bridgehead atoms. The standard InChI is InChI=1S/C15H21N3O/c1-4-9-17-15(14-10-16-11-18(14)2)12-5-7-13(19-3)8-6-12/h5-8,10-11,15,17H,4,9H2,1-3H3. The van der Waals surface area contributed by atoms with Crippen molar-refractivity contribution < 1.29 is 4.74 Å². The summed E-state index contributed by atoms with van der Waals surface area (Å²) < 4.78 is 7.26. The van der Waals surface area contributed by atoms with E-state index in [9.17, 15) is 0 Å². The van der Waals surface area contributed by atoms with Crippen molar-refractivity contribution in [1.82, 2.24) is 14.9 Å². The SMILES string of the molecule is CCCNC(c1ccc(OC)cc1)c1cncn1C. The van der Waals surface area contributed by atoms with Crippen LogP contribution in [-0.4, -0.2) is 23.2 Å². The Labute approximate surface area is 114 Å². The molecule has 0 spiro atoms. The zero-order valence-electron chi connectivity index (χ0n) is 11.8. The zero-order valence-corrected chi connectivity index (χ0v) is 11.8. The Morgan fingerprint density at radius 3 is 2.58 bits per heavy atom. The highest BCUT2D eigenvalue weighted by Gasteiger charge is 2.16. The number of benzene rings is 1. The number of hydrogen-bond donors (Lipinski definition) is 1. The summed E-state index contributed by atoms with van der Waals surface area (Å²) in [5, 5.41) is 3.56. The molecule has 2 rings (SSSR count). The van der Waals surface area contributed by atoms with Crippen molar-refractivity contribution in [2.45, 2.75) is 19.4 Å². The molecular weight excluding hydrogens is 238 g/mol. The molecule has 102 valence electrons. The van der Waals surface area contributed by atoms with Crippen LogP contribution in [0, 0.1) is 0 Å². The molecule has 19 heavy (non-hydrogen) atoms. The summed E-state index contributed by atoms with van der Waals surface area (Å²) >= 11 is 0. The number of methoxy groups -OCH3 is 1. The van der Waals surface area contributed by atoms with E-state index >= 15 is 0 Å². The van der Waals surface area contributed by atoms with Crippen LogP contribution in [0.4, 0.5) is 0 Å². The van der Waals surface area contributed by atoms with E-state index in [1.807, 2.05) is 31.7 Å². The normalized spacial score (nSPS) is 12.4. The maximum Gasteiger partial charge on any atom is 0.118 e. The molecule has 4 heteroatoms. The van der Waals surface area contributed by atoms with Crippen LogP contribution in [0.5, 0.6) is 5.75 Å². The number of aryl methyl sites for hydroxylation is 1. The van der Waals surface area contributed by atoms with Crippen molar-refractivity contribution >= 4 is 0 Å². The van der Waals surface area contributed by atoms with Crippen LogP contribution < -0.4 is 10.1 Å². The first-order valence-corrected chi connectivity index (χ1v) is 6.59. The quantitative estimate of drug-likeness (QED) is 0.866. The van der Waals surface area contributed by atoms with Gasteiger partial charge in [0.1, 0.15) is 5.75 Å². The van der Waals surface area contributed by atoms with Crippen LogP contribution in [0.3, 0.4) is 0 Å². The molecule has 1 aromatic carbocycles. The maximum absolute atomic E-state index is 5.21. The molecule has 2 aromatic rings. The molecule has 0 fully saturated rings. The molecule has 0 radical (unpaired) electrons. The second kappa shape index (κ2) is 6.38. The van der Waals surface area contributed by atoms with Crippen molar-refractivity contribution in [2.75, 3.05) is 13.7 Å². The average Bonchev–Trinajstić information content (AvgIpc) is 2.86. The van der Waals surface area contributed by atoms with Crippen LogP contribution in [0.15, 0.2) is 36.8 Å². The Morgan fingerprint density at radius 2 is 2.05 bits per heavy atom. The lowest BCUT2D eigenvalue weighted by Crippen LogP contribution is -2.24. The van der Waals surface area contributed by atoms with Crippen molar-refractivity contribution in [1.29, 1.82) is 0 Å². The number of aromatic nitrogens is 2. The number of nitrogens with zero attached hydrogens (tertiary/aromatic N) is 2. The number of nitrogens with one attached hydrogen (secondary N) is 1. The van der Waals surface area contributed by atoms with Crippen molar-refractivity contribution in [3.63, 3.8) is 0 Å². The Bertz CT molecular complexity index is 504. The first kappa shape index (κ1) is 13.6. The van der Waals surface area contributed by atoms with E-state index in [-0.39, 0.29) is 6.04 Å². The number of hydrogen-bond acceptors (Lipinski definition) is 3. The third-order valence-corrected chi connectivity index (χ3v) is 3.20. The largest absolute Gasteiger partial charge is 0.497 e. The fourth-order valence-corrected chi connectivity index (χ4v) is 2.12. The molecule has 0 saturated heterocycles. The molecule has 0 aliphatic heterocycles. The molecule has 1 aromatic heterocycles. The Kier molecular flexibility index (Phi) is 4.58. The highest BCUT2D eigenvalue weighted by Crippen LogP contribution is 2.23. The number of rotatable bonds is 6. The van der Waals surface area contributed by atoms with E-state index in [2.05, 4.69) is 33.9 Å². The van der Waals surface area contributed by atoms with Crippen LogP contribution in [0.1, 0.15) is 30.6 Å². The summed E-state index contributed by atoms with van der Waals surface area (Å²) in [6, 6.07) is 8.34. The van der Waals surface area contributed by atoms with E-state index in [0.717, 1.165) is 18.7 Å². The molecule has 1 unspecified atom stereocenters. The lowest BCUT2D eigenvalue weighted by atomic mass is 10.0. The molecule has 1 atom stereocenters. The Hall–Kier alpha value is -1.81. The maximum atomic E-state index is 5.21. The average molecular weight is 259 g/mol. The van der Waals surface area contributed by atoms with E-state index in [1.165, 1.54) is 11.3 Å². The summed E-state index contributed by atoms with van der Waals surface area (Å²) in [5.74, 6) is 0.878. The third-order valence-electron chi connectivity index (χ3n) is 3.20. The molecule has 1 N–H and O–H groups in total. The second-order valence-electron chi connectivity index (χ2n) is 4.59. The van der Waals surface area contributed by atoms with Gasteiger partial charge in [-0.2, -0.15) is 0 Å². The Morgan fingerprint density at radius 1 is 1.32 bits per heavy atom. The summed E-state index contributed by atoms with van der Waals surface area (Å²) in [5.41, 5.74) is 2.39.